The summed E-state index contributed by atoms with van der Waals surface area (Å²) in [5.74, 6) is -0.184. The van der Waals surface area contributed by atoms with Gasteiger partial charge in [0.15, 0.2) is 0 Å². The lowest BCUT2D eigenvalue weighted by Gasteiger charge is -2.15. The molecule has 1 aliphatic rings. The Labute approximate surface area is 102 Å². The second-order valence-electron chi connectivity index (χ2n) is 4.26. The summed E-state index contributed by atoms with van der Waals surface area (Å²) in [6.45, 7) is 4.60. The van der Waals surface area contributed by atoms with Crippen molar-refractivity contribution < 1.29 is 14.3 Å². The Bertz CT molecular complexity index is 264. The molecule has 1 atom stereocenters. The summed E-state index contributed by atoms with van der Waals surface area (Å²) in [4.78, 5) is 22.8. The van der Waals surface area contributed by atoms with Crippen molar-refractivity contribution in [3.8, 4) is 0 Å². The lowest BCUT2D eigenvalue weighted by Crippen LogP contribution is -2.39. The third-order valence-electron chi connectivity index (χ3n) is 2.66. The molecule has 2 N–H and O–H groups in total. The van der Waals surface area contributed by atoms with Gasteiger partial charge in [0.1, 0.15) is 6.04 Å². The highest BCUT2D eigenvalue weighted by Crippen LogP contribution is 2.18. The smallest absolute Gasteiger partial charge is 0.323 e. The number of amides is 1. The Hall–Kier alpha value is -1.10. The van der Waals surface area contributed by atoms with Gasteiger partial charge in [0.05, 0.1) is 6.61 Å². The van der Waals surface area contributed by atoms with E-state index in [-0.39, 0.29) is 17.9 Å². The van der Waals surface area contributed by atoms with Crippen LogP contribution in [0.5, 0.6) is 0 Å². The zero-order valence-corrected chi connectivity index (χ0v) is 10.6. The minimum Gasteiger partial charge on any atom is -0.465 e. The monoisotopic (exact) mass is 242 g/mol. The number of esters is 1. The summed E-state index contributed by atoms with van der Waals surface area (Å²) in [5.41, 5.74) is 0. The van der Waals surface area contributed by atoms with Crippen LogP contribution in [0, 0.1) is 0 Å². The van der Waals surface area contributed by atoms with Crippen molar-refractivity contribution in [2.75, 3.05) is 13.2 Å². The average Bonchev–Trinajstić information content (AvgIpc) is 3.08. The van der Waals surface area contributed by atoms with Gasteiger partial charge in [0, 0.05) is 19.0 Å². The van der Waals surface area contributed by atoms with Gasteiger partial charge in [-0.3, -0.25) is 9.59 Å². The van der Waals surface area contributed by atoms with Crippen LogP contribution in [0.2, 0.25) is 0 Å². The van der Waals surface area contributed by atoms with Crippen LogP contribution in [0.4, 0.5) is 0 Å². The van der Waals surface area contributed by atoms with Crippen molar-refractivity contribution in [1.29, 1.82) is 0 Å². The van der Waals surface area contributed by atoms with E-state index < -0.39 is 0 Å². The maximum Gasteiger partial charge on any atom is 0.323 e. The van der Waals surface area contributed by atoms with Gasteiger partial charge >= 0.3 is 5.97 Å². The highest BCUT2D eigenvalue weighted by atomic mass is 16.5. The van der Waals surface area contributed by atoms with Crippen LogP contribution in [0.25, 0.3) is 0 Å². The van der Waals surface area contributed by atoms with E-state index in [2.05, 4.69) is 10.6 Å². The predicted octanol–water partition coefficient (Wildman–Crippen LogP) is 0.586. The normalized spacial score (nSPS) is 16.4. The Morgan fingerprint density at radius 3 is 2.59 bits per heavy atom. The molecule has 0 radical (unpaired) electrons. The molecule has 98 valence electrons. The standard InChI is InChI=1S/C12H22N2O3/c1-3-10(12(16)17-4-2)13-8-7-11(15)14-9-5-6-9/h9-10,13H,3-8H2,1-2H3,(H,14,15). The molecule has 0 spiro atoms. The Kier molecular flexibility index (Phi) is 5.97. The summed E-state index contributed by atoms with van der Waals surface area (Å²) in [7, 11) is 0. The molecule has 5 nitrogen and oxygen atoms in total. The summed E-state index contributed by atoms with van der Waals surface area (Å²) in [6.07, 6.45) is 3.27. The van der Waals surface area contributed by atoms with Crippen LogP contribution in [0.15, 0.2) is 0 Å². The van der Waals surface area contributed by atoms with E-state index in [4.69, 9.17) is 4.74 Å². The molecule has 0 aromatic heterocycles. The van der Waals surface area contributed by atoms with Crippen LogP contribution >= 0.6 is 0 Å². The van der Waals surface area contributed by atoms with Gasteiger partial charge in [-0.1, -0.05) is 6.92 Å². The van der Waals surface area contributed by atoms with Crippen LogP contribution in [0.1, 0.15) is 39.5 Å². The largest absolute Gasteiger partial charge is 0.465 e. The van der Waals surface area contributed by atoms with Crippen molar-refractivity contribution in [2.24, 2.45) is 0 Å². The zero-order chi connectivity index (χ0) is 12.7. The van der Waals surface area contributed by atoms with Crippen LogP contribution < -0.4 is 10.6 Å². The maximum atomic E-state index is 11.5. The minimum atomic E-state index is -0.302. The van der Waals surface area contributed by atoms with Gasteiger partial charge < -0.3 is 15.4 Å². The topological polar surface area (TPSA) is 67.4 Å². The highest BCUT2D eigenvalue weighted by Gasteiger charge is 2.23. The van der Waals surface area contributed by atoms with E-state index in [1.54, 1.807) is 6.92 Å². The number of ether oxygens (including phenoxy) is 1. The minimum absolute atomic E-state index is 0.0544. The molecule has 1 aliphatic carbocycles. The van der Waals surface area contributed by atoms with Gasteiger partial charge in [0.2, 0.25) is 5.91 Å². The van der Waals surface area contributed by atoms with Crippen molar-refractivity contribution in [2.45, 2.75) is 51.6 Å². The molecule has 1 amide bonds. The van der Waals surface area contributed by atoms with E-state index in [1.165, 1.54) is 0 Å². The summed E-state index contributed by atoms with van der Waals surface area (Å²) >= 11 is 0. The SMILES string of the molecule is CCOC(=O)C(CC)NCCC(=O)NC1CC1. The molecule has 0 saturated heterocycles. The lowest BCUT2D eigenvalue weighted by molar-refractivity contribution is -0.145. The fourth-order valence-electron chi connectivity index (χ4n) is 1.52. The molecule has 1 rings (SSSR count). The molecular formula is C12H22N2O3. The van der Waals surface area contributed by atoms with Crippen LogP contribution in [0.3, 0.4) is 0 Å². The molecule has 0 aliphatic heterocycles. The Balaban J connectivity index is 2.13. The molecule has 0 aromatic rings. The molecule has 0 aromatic carbocycles. The summed E-state index contributed by atoms with van der Waals surface area (Å²) in [6, 6.07) is 0.0956. The first-order valence-corrected chi connectivity index (χ1v) is 6.36. The number of carbonyl (C=O) groups excluding carboxylic acids is 2. The van der Waals surface area contributed by atoms with Gasteiger partial charge in [0.25, 0.3) is 0 Å². The zero-order valence-electron chi connectivity index (χ0n) is 10.6. The van der Waals surface area contributed by atoms with Crippen molar-refractivity contribution in [3.63, 3.8) is 0 Å². The molecule has 1 unspecified atom stereocenters. The lowest BCUT2D eigenvalue weighted by atomic mass is 10.2. The van der Waals surface area contributed by atoms with E-state index in [0.717, 1.165) is 12.8 Å². The summed E-state index contributed by atoms with van der Waals surface area (Å²) in [5, 5.41) is 5.95. The van der Waals surface area contributed by atoms with Gasteiger partial charge in [-0.25, -0.2) is 0 Å². The number of carbonyl (C=O) groups is 2. The fraction of sp³-hybridized carbons (Fsp3) is 0.833. The molecule has 0 bridgehead atoms. The predicted molar refractivity (Wildman–Crippen MR) is 64.5 cm³/mol. The molecular weight excluding hydrogens is 220 g/mol. The molecule has 5 heteroatoms. The Morgan fingerprint density at radius 2 is 2.06 bits per heavy atom. The first kappa shape index (κ1) is 14.0. The van der Waals surface area contributed by atoms with Crippen LogP contribution in [-0.4, -0.2) is 37.1 Å². The highest BCUT2D eigenvalue weighted by molar-refractivity contribution is 5.77. The van der Waals surface area contributed by atoms with Crippen molar-refractivity contribution in [3.05, 3.63) is 0 Å². The first-order valence-electron chi connectivity index (χ1n) is 6.36. The molecule has 1 fully saturated rings. The van der Waals surface area contributed by atoms with Gasteiger partial charge in [-0.15, -0.1) is 0 Å². The van der Waals surface area contributed by atoms with Gasteiger partial charge in [-0.05, 0) is 26.2 Å². The third-order valence-corrected chi connectivity index (χ3v) is 2.66. The van der Waals surface area contributed by atoms with E-state index in [1.807, 2.05) is 6.92 Å². The van der Waals surface area contributed by atoms with E-state index >= 15 is 0 Å². The quantitative estimate of drug-likeness (QED) is 0.611. The Morgan fingerprint density at radius 1 is 1.35 bits per heavy atom. The third kappa shape index (κ3) is 5.68. The van der Waals surface area contributed by atoms with Crippen LogP contribution in [-0.2, 0) is 14.3 Å². The van der Waals surface area contributed by atoms with E-state index in [0.29, 0.717) is 32.0 Å². The maximum absolute atomic E-state index is 11.5. The fourth-order valence-corrected chi connectivity index (χ4v) is 1.52. The summed E-state index contributed by atoms with van der Waals surface area (Å²) < 4.78 is 4.93. The van der Waals surface area contributed by atoms with Crippen molar-refractivity contribution >= 4 is 11.9 Å². The number of hydrogen-bond acceptors (Lipinski definition) is 4. The average molecular weight is 242 g/mol. The second-order valence-corrected chi connectivity index (χ2v) is 4.26. The molecule has 17 heavy (non-hydrogen) atoms. The second kappa shape index (κ2) is 7.27. The molecule has 0 heterocycles. The van der Waals surface area contributed by atoms with E-state index in [9.17, 15) is 9.59 Å². The number of rotatable bonds is 8. The van der Waals surface area contributed by atoms with Crippen molar-refractivity contribution in [1.82, 2.24) is 10.6 Å². The van der Waals surface area contributed by atoms with Gasteiger partial charge in [-0.2, -0.15) is 0 Å². The number of hydrogen-bond donors (Lipinski definition) is 2. The number of nitrogens with one attached hydrogen (secondary N) is 2. The molecule has 1 saturated carbocycles. The first-order chi connectivity index (χ1) is 8.17.